The van der Waals surface area contributed by atoms with E-state index in [2.05, 4.69) is 32.7 Å². The molecule has 2 aromatic heterocycles. The molecule has 1 atom stereocenters. The van der Waals surface area contributed by atoms with Crippen molar-refractivity contribution < 1.29 is 17.9 Å². The van der Waals surface area contributed by atoms with Gasteiger partial charge in [0.05, 0.1) is 24.6 Å². The molecule has 0 spiro atoms. The standard InChI is InChI=1S/C24H25N5O4S2/c1-35(31,32)15-22-27-21(14-34-22)19-12-16-6-7-25-20(13-30)23(16)24(28-19)26-17-2-4-18(5-3-17)29-8-10-33-11-9-29/h2-7,12-14,20,25H,8-11,15H2,1H3,(H,26,28). The van der Waals surface area contributed by atoms with Gasteiger partial charge in [-0.25, -0.2) is 18.4 Å². The van der Waals surface area contributed by atoms with Crippen molar-refractivity contribution >= 4 is 50.7 Å². The Hall–Kier alpha value is -3.28. The van der Waals surface area contributed by atoms with Crippen LogP contribution in [0, 0.1) is 0 Å². The van der Waals surface area contributed by atoms with Gasteiger partial charge in [0, 0.05) is 41.7 Å². The van der Waals surface area contributed by atoms with Gasteiger partial charge in [-0.05, 0) is 48.2 Å². The highest BCUT2D eigenvalue weighted by Crippen LogP contribution is 2.34. The molecule has 4 heterocycles. The van der Waals surface area contributed by atoms with Crippen LogP contribution in [0.25, 0.3) is 17.5 Å². The SMILES string of the molecule is CS(=O)(=O)Cc1nc(-c2cc3c(c(Nc4ccc(N5CCOCC5)cc4)n2)C(C=O)NC=C3)cs1. The molecule has 1 unspecified atom stereocenters. The van der Waals surface area contributed by atoms with Crippen LogP contribution >= 0.6 is 11.3 Å². The molecule has 1 fully saturated rings. The lowest BCUT2D eigenvalue weighted by molar-refractivity contribution is -0.109. The molecule has 1 saturated heterocycles. The van der Waals surface area contributed by atoms with E-state index in [9.17, 15) is 13.2 Å². The highest BCUT2D eigenvalue weighted by atomic mass is 32.2. The second-order valence-corrected chi connectivity index (χ2v) is 11.5. The quantitative estimate of drug-likeness (QED) is 0.462. The number of morpholine rings is 1. The fourth-order valence-corrected chi connectivity index (χ4v) is 6.13. The first-order chi connectivity index (χ1) is 16.9. The summed E-state index contributed by atoms with van der Waals surface area (Å²) in [5.41, 5.74) is 4.74. The third-order valence-electron chi connectivity index (χ3n) is 5.78. The van der Waals surface area contributed by atoms with Crippen LogP contribution in [0.3, 0.4) is 0 Å². The van der Waals surface area contributed by atoms with E-state index >= 15 is 0 Å². The largest absolute Gasteiger partial charge is 0.378 e. The van der Waals surface area contributed by atoms with Crippen LogP contribution in [0.5, 0.6) is 0 Å². The van der Waals surface area contributed by atoms with Crippen LogP contribution in [0.1, 0.15) is 22.2 Å². The van der Waals surface area contributed by atoms with E-state index in [4.69, 9.17) is 9.72 Å². The smallest absolute Gasteiger partial charge is 0.153 e. The van der Waals surface area contributed by atoms with Crippen molar-refractivity contribution in [1.29, 1.82) is 0 Å². The molecule has 0 aliphatic carbocycles. The molecule has 5 rings (SSSR count). The van der Waals surface area contributed by atoms with Crippen molar-refractivity contribution in [2.75, 3.05) is 42.8 Å². The number of sulfone groups is 1. The van der Waals surface area contributed by atoms with E-state index in [-0.39, 0.29) is 5.75 Å². The van der Waals surface area contributed by atoms with Crippen LogP contribution in [0.4, 0.5) is 17.2 Å². The summed E-state index contributed by atoms with van der Waals surface area (Å²) in [6, 6.07) is 9.41. The molecule has 9 nitrogen and oxygen atoms in total. The van der Waals surface area contributed by atoms with E-state index < -0.39 is 15.9 Å². The zero-order valence-corrected chi connectivity index (χ0v) is 20.7. The lowest BCUT2D eigenvalue weighted by atomic mass is 9.98. The number of carbonyl (C=O) groups excluding carboxylic acids is 1. The Kier molecular flexibility index (Phi) is 6.54. The van der Waals surface area contributed by atoms with E-state index in [0.29, 0.717) is 22.2 Å². The molecule has 3 aromatic rings. The number of aldehydes is 1. The second-order valence-electron chi connectivity index (χ2n) is 8.44. The predicted molar refractivity (Wildman–Crippen MR) is 138 cm³/mol. The van der Waals surface area contributed by atoms with Gasteiger partial charge in [0.25, 0.3) is 0 Å². The topological polar surface area (TPSA) is 114 Å². The number of hydrogen-bond donors (Lipinski definition) is 2. The van der Waals surface area contributed by atoms with Gasteiger partial charge in [-0.1, -0.05) is 0 Å². The number of anilines is 3. The summed E-state index contributed by atoms with van der Waals surface area (Å²) in [6.07, 6.45) is 5.66. The summed E-state index contributed by atoms with van der Waals surface area (Å²) in [5, 5.41) is 8.76. The normalized spacial score (nSPS) is 17.5. The van der Waals surface area contributed by atoms with Crippen molar-refractivity contribution in [2.45, 2.75) is 11.8 Å². The van der Waals surface area contributed by atoms with E-state index in [1.165, 1.54) is 17.6 Å². The molecule has 2 aliphatic heterocycles. The van der Waals surface area contributed by atoms with Crippen LogP contribution in [0.15, 0.2) is 41.9 Å². The van der Waals surface area contributed by atoms with Crippen molar-refractivity contribution in [2.24, 2.45) is 0 Å². The Balaban J connectivity index is 1.48. The van der Waals surface area contributed by atoms with Gasteiger partial charge >= 0.3 is 0 Å². The van der Waals surface area contributed by atoms with Crippen molar-refractivity contribution in [3.05, 3.63) is 58.0 Å². The summed E-state index contributed by atoms with van der Waals surface area (Å²) in [5.74, 6) is 0.434. The average molecular weight is 512 g/mol. The first-order valence-electron chi connectivity index (χ1n) is 11.1. The Morgan fingerprint density at radius 1 is 1.20 bits per heavy atom. The first-order valence-corrected chi connectivity index (χ1v) is 14.1. The Bertz CT molecular complexity index is 1360. The zero-order chi connectivity index (χ0) is 24.4. The molecule has 0 radical (unpaired) electrons. The highest BCUT2D eigenvalue weighted by Gasteiger charge is 2.24. The molecule has 182 valence electrons. The van der Waals surface area contributed by atoms with Crippen molar-refractivity contribution in [3.63, 3.8) is 0 Å². The lowest BCUT2D eigenvalue weighted by Crippen LogP contribution is -2.36. The third-order valence-corrected chi connectivity index (χ3v) is 7.61. The number of nitrogens with zero attached hydrogens (tertiary/aromatic N) is 3. The predicted octanol–water partition coefficient (Wildman–Crippen LogP) is 3.14. The summed E-state index contributed by atoms with van der Waals surface area (Å²) in [6.45, 7) is 3.16. The minimum absolute atomic E-state index is 0.111. The number of benzene rings is 1. The molecular weight excluding hydrogens is 486 g/mol. The number of hydrogen-bond acceptors (Lipinski definition) is 10. The monoisotopic (exact) mass is 511 g/mol. The van der Waals surface area contributed by atoms with E-state index in [0.717, 1.165) is 55.1 Å². The minimum atomic E-state index is -3.19. The molecule has 0 bridgehead atoms. The van der Waals surface area contributed by atoms with Crippen LogP contribution in [0.2, 0.25) is 0 Å². The Labute approximate surface area is 207 Å². The van der Waals surface area contributed by atoms with Gasteiger partial charge in [0.1, 0.15) is 28.9 Å². The fourth-order valence-electron chi connectivity index (χ4n) is 4.13. The maximum Gasteiger partial charge on any atom is 0.153 e. The molecule has 0 amide bonds. The number of rotatable bonds is 7. The summed E-state index contributed by atoms with van der Waals surface area (Å²) < 4.78 is 28.8. The fraction of sp³-hybridized carbons (Fsp3) is 0.292. The number of thiazole rings is 1. The van der Waals surface area contributed by atoms with Gasteiger partial charge in [-0.15, -0.1) is 11.3 Å². The average Bonchev–Trinajstić information content (AvgIpc) is 3.31. The van der Waals surface area contributed by atoms with Gasteiger partial charge in [-0.3, -0.25) is 0 Å². The van der Waals surface area contributed by atoms with Gasteiger partial charge in [-0.2, -0.15) is 0 Å². The van der Waals surface area contributed by atoms with E-state index in [1.54, 1.807) is 11.6 Å². The third kappa shape index (κ3) is 5.37. The number of nitrogens with one attached hydrogen (secondary N) is 2. The number of carbonyl (C=O) groups is 1. The lowest BCUT2D eigenvalue weighted by Gasteiger charge is -2.29. The summed E-state index contributed by atoms with van der Waals surface area (Å²) in [4.78, 5) is 23.4. The van der Waals surface area contributed by atoms with Gasteiger partial charge < -0.3 is 25.1 Å². The van der Waals surface area contributed by atoms with Crippen molar-refractivity contribution in [3.8, 4) is 11.4 Å². The number of aromatic nitrogens is 2. The summed E-state index contributed by atoms with van der Waals surface area (Å²) in [7, 11) is -3.19. The molecule has 35 heavy (non-hydrogen) atoms. The van der Waals surface area contributed by atoms with Crippen LogP contribution in [-0.2, 0) is 25.1 Å². The molecule has 1 aromatic carbocycles. The van der Waals surface area contributed by atoms with Crippen LogP contribution < -0.4 is 15.5 Å². The van der Waals surface area contributed by atoms with Crippen molar-refractivity contribution in [1.82, 2.24) is 15.3 Å². The second kappa shape index (κ2) is 9.76. The molecule has 2 aliphatic rings. The zero-order valence-electron chi connectivity index (χ0n) is 19.1. The molecule has 2 N–H and O–H groups in total. The molecular formula is C24H25N5O4S2. The Morgan fingerprint density at radius 3 is 2.69 bits per heavy atom. The Morgan fingerprint density at radius 2 is 1.97 bits per heavy atom. The highest BCUT2D eigenvalue weighted by molar-refractivity contribution is 7.90. The molecule has 0 saturated carbocycles. The number of ether oxygens (including phenoxy) is 1. The van der Waals surface area contributed by atoms with E-state index in [1.807, 2.05) is 24.3 Å². The van der Waals surface area contributed by atoms with Gasteiger partial charge in [0.15, 0.2) is 9.84 Å². The number of fused-ring (bicyclic) bond motifs is 1. The first kappa shape index (κ1) is 23.5. The summed E-state index contributed by atoms with van der Waals surface area (Å²) >= 11 is 1.29. The maximum atomic E-state index is 11.8. The maximum absolute atomic E-state index is 11.8. The minimum Gasteiger partial charge on any atom is -0.378 e. The van der Waals surface area contributed by atoms with Gasteiger partial charge in [0.2, 0.25) is 0 Å². The van der Waals surface area contributed by atoms with Crippen LogP contribution in [-0.4, -0.2) is 57.2 Å². The number of pyridine rings is 1. The molecule has 11 heteroatoms.